The molecule has 12 nitrogen and oxygen atoms in total. The smallest absolute Gasteiger partial charge is 0.342 e. The molecule has 3 unspecified atom stereocenters. The molecule has 2 heterocycles. The molecule has 1 N–H and O–H groups in total. The third kappa shape index (κ3) is 4.89. The molecule has 0 amide bonds. The van der Waals surface area contributed by atoms with Crippen LogP contribution in [0.3, 0.4) is 0 Å². The lowest BCUT2D eigenvalue weighted by atomic mass is 9.32. The average Bonchev–Trinajstić information content (AvgIpc) is 3.90. The van der Waals surface area contributed by atoms with Crippen molar-refractivity contribution in [2.45, 2.75) is 122 Å². The van der Waals surface area contributed by atoms with Crippen molar-refractivity contribution in [1.29, 1.82) is 0 Å². The monoisotopic (exact) mass is 736 g/mol. The van der Waals surface area contributed by atoms with E-state index in [1.165, 1.54) is 21.0 Å². The van der Waals surface area contributed by atoms with Gasteiger partial charge in [0.2, 0.25) is 5.60 Å². The van der Waals surface area contributed by atoms with Crippen LogP contribution in [-0.4, -0.2) is 84.3 Å². The van der Waals surface area contributed by atoms with E-state index in [9.17, 15) is 29.1 Å². The van der Waals surface area contributed by atoms with Gasteiger partial charge in [0, 0.05) is 37.5 Å². The number of hydrogen-bond acceptors (Lipinski definition) is 12. The first-order chi connectivity index (χ1) is 24.9. The first-order valence-corrected chi connectivity index (χ1v) is 18.8. The van der Waals surface area contributed by atoms with E-state index < -0.39 is 87.1 Å². The Bertz CT molecular complexity index is 1740. The number of rotatable bonds is 6. The number of carbonyl (C=O) groups is 5. The van der Waals surface area contributed by atoms with Crippen molar-refractivity contribution >= 4 is 29.8 Å². The predicted molar refractivity (Wildman–Crippen MR) is 187 cm³/mol. The van der Waals surface area contributed by atoms with Crippen molar-refractivity contribution in [3.05, 3.63) is 48.0 Å². The average molecular weight is 737 g/mol. The summed E-state index contributed by atoms with van der Waals surface area (Å²) in [5.74, 6) is -3.81. The van der Waals surface area contributed by atoms with Crippen LogP contribution < -0.4 is 0 Å². The van der Waals surface area contributed by atoms with Crippen molar-refractivity contribution in [2.24, 2.45) is 39.4 Å². The van der Waals surface area contributed by atoms with Crippen LogP contribution in [-0.2, 0) is 47.6 Å². The molecular weight excluding hydrogens is 684 g/mol. The van der Waals surface area contributed by atoms with Crippen LogP contribution in [0.2, 0.25) is 0 Å². The van der Waals surface area contributed by atoms with Gasteiger partial charge >= 0.3 is 29.8 Å². The Kier molecular flexibility index (Phi) is 8.77. The Hall–Kier alpha value is -3.77. The first-order valence-electron chi connectivity index (χ1n) is 18.8. The Morgan fingerprint density at radius 1 is 0.925 bits per heavy atom. The van der Waals surface area contributed by atoms with E-state index in [0.29, 0.717) is 43.2 Å². The fourth-order valence-electron chi connectivity index (χ4n) is 12.9. The Morgan fingerprint density at radius 3 is 2.21 bits per heavy atom. The maximum Gasteiger partial charge on any atom is 0.342 e. The summed E-state index contributed by atoms with van der Waals surface area (Å²) in [6.07, 6.45) is -1.03. The lowest BCUT2D eigenvalue weighted by molar-refractivity contribution is -0.338. The van der Waals surface area contributed by atoms with E-state index >= 15 is 0 Å². The van der Waals surface area contributed by atoms with E-state index in [0.717, 1.165) is 0 Å². The summed E-state index contributed by atoms with van der Waals surface area (Å²) < 4.78 is 36.1. The summed E-state index contributed by atoms with van der Waals surface area (Å²) in [7, 11) is 1.24. The second-order valence-corrected chi connectivity index (χ2v) is 17.2. The number of hydrogen-bond donors (Lipinski definition) is 1. The number of cyclic esters (lactones) is 1. The normalized spacial score (nSPS) is 44.5. The fraction of sp³-hybridized carbons (Fsp3) is 0.683. The quantitative estimate of drug-likeness (QED) is 0.182. The van der Waals surface area contributed by atoms with Gasteiger partial charge in [-0.2, -0.15) is 0 Å². The van der Waals surface area contributed by atoms with Crippen molar-refractivity contribution in [2.75, 3.05) is 13.7 Å². The number of ether oxygens (including phenoxy) is 6. The van der Waals surface area contributed by atoms with Crippen LogP contribution in [0.15, 0.2) is 42.5 Å². The minimum atomic E-state index is -1.73. The topological polar surface area (TPSA) is 164 Å². The van der Waals surface area contributed by atoms with Crippen molar-refractivity contribution in [1.82, 2.24) is 0 Å². The van der Waals surface area contributed by atoms with Crippen LogP contribution in [0.4, 0.5) is 0 Å². The second kappa shape index (κ2) is 12.4. The van der Waals surface area contributed by atoms with E-state index in [1.54, 1.807) is 31.2 Å². The number of aliphatic hydroxyl groups is 1. The number of epoxide rings is 1. The highest BCUT2D eigenvalue weighted by Crippen LogP contribution is 2.78. The molecule has 2 saturated heterocycles. The zero-order chi connectivity index (χ0) is 38.5. The molecule has 12 heteroatoms. The molecule has 6 fully saturated rings. The number of benzene rings is 1. The molecule has 1 aromatic rings. The molecular formula is C41H52O12. The highest BCUT2D eigenvalue weighted by Gasteiger charge is 2.90. The van der Waals surface area contributed by atoms with Crippen LogP contribution >= 0.6 is 0 Å². The largest absolute Gasteiger partial charge is 0.467 e. The fourth-order valence-corrected chi connectivity index (χ4v) is 12.9. The Morgan fingerprint density at radius 2 is 1.57 bits per heavy atom. The van der Waals surface area contributed by atoms with E-state index in [4.69, 9.17) is 28.4 Å². The molecule has 0 aromatic heterocycles. The van der Waals surface area contributed by atoms with Crippen LogP contribution in [0.25, 0.3) is 0 Å². The summed E-state index contributed by atoms with van der Waals surface area (Å²) in [5.41, 5.74) is -6.41. The molecule has 13 atom stereocenters. The van der Waals surface area contributed by atoms with Gasteiger partial charge < -0.3 is 33.5 Å². The predicted octanol–water partition coefficient (Wildman–Crippen LogP) is 4.89. The van der Waals surface area contributed by atoms with Gasteiger partial charge in [0.05, 0.1) is 23.7 Å². The van der Waals surface area contributed by atoms with E-state index in [1.807, 2.05) is 19.9 Å². The summed E-state index contributed by atoms with van der Waals surface area (Å²) in [4.78, 5) is 66.5. The maximum absolute atomic E-state index is 13.8. The molecule has 0 bridgehead atoms. The van der Waals surface area contributed by atoms with E-state index in [2.05, 4.69) is 13.5 Å². The Labute approximate surface area is 310 Å². The van der Waals surface area contributed by atoms with Gasteiger partial charge in [0.25, 0.3) is 0 Å². The molecule has 4 saturated carbocycles. The van der Waals surface area contributed by atoms with Crippen molar-refractivity contribution in [3.8, 4) is 0 Å². The molecule has 2 aliphatic heterocycles. The summed E-state index contributed by atoms with van der Waals surface area (Å²) in [5, 5.41) is 13.5. The molecule has 0 spiro atoms. The van der Waals surface area contributed by atoms with Crippen LogP contribution in [0.5, 0.6) is 0 Å². The third-order valence-electron chi connectivity index (χ3n) is 15.2. The van der Waals surface area contributed by atoms with Gasteiger partial charge in [-0.1, -0.05) is 38.6 Å². The zero-order valence-corrected chi connectivity index (χ0v) is 31.7. The zero-order valence-electron chi connectivity index (χ0n) is 31.7. The molecule has 1 aromatic carbocycles. The number of methoxy groups -OCH3 is 1. The lowest BCUT2D eigenvalue weighted by Crippen LogP contribution is -2.82. The van der Waals surface area contributed by atoms with Gasteiger partial charge in [-0.25, -0.2) is 9.59 Å². The number of esters is 5. The highest BCUT2D eigenvalue weighted by molar-refractivity contribution is 5.89. The highest BCUT2D eigenvalue weighted by atomic mass is 16.7. The minimum Gasteiger partial charge on any atom is -0.467 e. The van der Waals surface area contributed by atoms with Crippen LogP contribution in [0, 0.1) is 39.4 Å². The third-order valence-corrected chi connectivity index (χ3v) is 15.2. The summed E-state index contributed by atoms with van der Waals surface area (Å²) in [6.45, 7) is 14.6. The van der Waals surface area contributed by atoms with E-state index in [-0.39, 0.29) is 37.3 Å². The van der Waals surface area contributed by atoms with Crippen molar-refractivity contribution < 1.29 is 57.5 Å². The summed E-state index contributed by atoms with van der Waals surface area (Å²) in [6, 6.07) is 8.78. The first kappa shape index (κ1) is 37.5. The SMILES string of the molecule is C=C1C[C@@]2(O)C3CC[C@]4(C)C(CC[C@@]5(C(C)OC(=O)c6ccccc6)COC(=O)CC[C@H]54)[C@@]3(C)[C@H](OC(C)=O)[C@H](OC(C)=O)[C@@]2(C)[C@]2(C(=O)OC)O[C@H]12. The molecule has 53 heavy (non-hydrogen) atoms. The van der Waals surface area contributed by atoms with Crippen molar-refractivity contribution in [3.63, 3.8) is 0 Å². The molecule has 0 radical (unpaired) electrons. The second-order valence-electron chi connectivity index (χ2n) is 17.2. The lowest BCUT2D eigenvalue weighted by Gasteiger charge is -2.73. The maximum atomic E-state index is 13.8. The molecule has 6 aliphatic rings. The van der Waals surface area contributed by atoms with Gasteiger partial charge in [-0.3, -0.25) is 14.4 Å². The van der Waals surface area contributed by atoms with Crippen LogP contribution in [0.1, 0.15) is 96.8 Å². The standard InChI is InChI=1S/C41H52O12/c1-22-20-40(47)29-16-18-36(5)27(17-19-39(21-49-30(44)15-14-28(36)39)23(2)50-34(45)26-12-10-9-11-13-26)37(29,6)32(51-24(3)42)33(52-25(4)43)38(40,7)41(31(22)53-41)35(46)48-8/h9-13,23,27-29,31-33,47H,1,14-21H2,2-8H3/t23?,27?,28-,29?,31+,32+,33-,36+,37+,38+,39-,40+,41-/m0/s1. The molecule has 4 aliphatic carbocycles. The minimum absolute atomic E-state index is 0.0728. The molecule has 7 rings (SSSR count). The molecule has 288 valence electrons. The Balaban J connectivity index is 1.37. The van der Waals surface area contributed by atoms with Gasteiger partial charge in [0.15, 0.2) is 6.10 Å². The van der Waals surface area contributed by atoms with Gasteiger partial charge in [-0.15, -0.1) is 0 Å². The van der Waals surface area contributed by atoms with Gasteiger partial charge in [-0.05, 0) is 86.8 Å². The van der Waals surface area contributed by atoms with Gasteiger partial charge in [0.1, 0.15) is 24.9 Å². The number of carbonyl (C=O) groups excluding carboxylic acids is 5. The summed E-state index contributed by atoms with van der Waals surface area (Å²) >= 11 is 0. The number of fused-ring (bicyclic) bond motifs is 9.